The van der Waals surface area contributed by atoms with E-state index >= 15 is 0 Å². The molecule has 0 aromatic heterocycles. The van der Waals surface area contributed by atoms with E-state index in [4.69, 9.17) is 0 Å². The fourth-order valence-electron chi connectivity index (χ4n) is 2.90. The maximum absolute atomic E-state index is 2.42. The molecule has 0 spiro atoms. The number of rotatable bonds is 1. The smallest absolute Gasteiger partial charge is 0 e. The van der Waals surface area contributed by atoms with Gasteiger partial charge in [0.25, 0.3) is 0 Å². The highest BCUT2D eigenvalue weighted by Gasteiger charge is 2.20. The van der Waals surface area contributed by atoms with Gasteiger partial charge in [-0.2, -0.15) is 0 Å². The van der Waals surface area contributed by atoms with Crippen LogP contribution in [0.4, 0.5) is 0 Å². The molecule has 1 aromatic carbocycles. The average molecular weight is 218 g/mol. The van der Waals surface area contributed by atoms with Gasteiger partial charge >= 0.3 is 0 Å². The van der Waals surface area contributed by atoms with Crippen molar-refractivity contribution in [1.82, 2.24) is 0 Å². The molecule has 0 unspecified atom stereocenters. The Morgan fingerprint density at radius 1 is 0.938 bits per heavy atom. The van der Waals surface area contributed by atoms with Crippen molar-refractivity contribution in [3.05, 3.63) is 34.4 Å². The highest BCUT2D eigenvalue weighted by Crippen LogP contribution is 2.36. The molecule has 0 atom stereocenters. The van der Waals surface area contributed by atoms with Crippen LogP contribution in [0.2, 0.25) is 0 Å². The Kier molecular flexibility index (Phi) is 3.37. The van der Waals surface area contributed by atoms with Crippen molar-refractivity contribution in [3.63, 3.8) is 0 Å². The van der Waals surface area contributed by atoms with Crippen LogP contribution >= 0.6 is 0 Å². The maximum atomic E-state index is 2.42. The molecule has 0 N–H and O–H groups in total. The first-order valence-corrected chi connectivity index (χ1v) is 6.65. The number of hydrogen-bond acceptors (Lipinski definition) is 0. The Hall–Kier alpha value is -0.780. The molecule has 1 saturated carbocycles. The summed E-state index contributed by atoms with van der Waals surface area (Å²) < 4.78 is 0. The van der Waals surface area contributed by atoms with E-state index in [9.17, 15) is 0 Å². The molecule has 0 aliphatic heterocycles. The Balaban J connectivity index is 0.00000144. The van der Waals surface area contributed by atoms with E-state index in [1.54, 1.807) is 5.56 Å². The Bertz CT molecular complexity index is 350. The van der Waals surface area contributed by atoms with Crippen molar-refractivity contribution in [2.45, 2.75) is 59.3 Å². The molecule has 16 heavy (non-hydrogen) atoms. The van der Waals surface area contributed by atoms with Crippen molar-refractivity contribution < 1.29 is 1.43 Å². The van der Waals surface area contributed by atoms with Gasteiger partial charge < -0.3 is 0 Å². The van der Waals surface area contributed by atoms with E-state index in [1.165, 1.54) is 42.4 Å². The minimum Gasteiger partial charge on any atom is -0.0625 e. The van der Waals surface area contributed by atoms with E-state index in [1.807, 2.05) is 0 Å². The minimum atomic E-state index is 0. The summed E-state index contributed by atoms with van der Waals surface area (Å²) in [4.78, 5) is 0. The monoisotopic (exact) mass is 218 g/mol. The van der Waals surface area contributed by atoms with Gasteiger partial charge in [-0.1, -0.05) is 31.9 Å². The third-order valence-electron chi connectivity index (χ3n) is 4.44. The van der Waals surface area contributed by atoms with Gasteiger partial charge in [0.05, 0.1) is 0 Å². The molecule has 1 aliphatic carbocycles. The summed E-state index contributed by atoms with van der Waals surface area (Å²) >= 11 is 0. The van der Waals surface area contributed by atoms with Gasteiger partial charge in [0.15, 0.2) is 0 Å². The zero-order valence-corrected chi connectivity index (χ0v) is 11.1. The van der Waals surface area contributed by atoms with E-state index in [0.717, 1.165) is 11.8 Å². The van der Waals surface area contributed by atoms with Crippen LogP contribution in [0.5, 0.6) is 0 Å². The highest BCUT2D eigenvalue weighted by atomic mass is 14.2. The van der Waals surface area contributed by atoms with Gasteiger partial charge in [0, 0.05) is 1.43 Å². The molecule has 0 saturated heterocycles. The summed E-state index contributed by atoms with van der Waals surface area (Å²) in [5, 5.41) is 0. The van der Waals surface area contributed by atoms with E-state index in [0.29, 0.717) is 0 Å². The van der Waals surface area contributed by atoms with Gasteiger partial charge in [-0.15, -0.1) is 0 Å². The topological polar surface area (TPSA) is 0 Å². The molecule has 0 nitrogen and oxygen atoms in total. The second-order valence-corrected chi connectivity index (χ2v) is 5.74. The van der Waals surface area contributed by atoms with E-state index in [-0.39, 0.29) is 1.43 Å². The lowest BCUT2D eigenvalue weighted by Gasteiger charge is -2.27. The van der Waals surface area contributed by atoms with Crippen LogP contribution in [-0.4, -0.2) is 0 Å². The van der Waals surface area contributed by atoms with E-state index in [2.05, 4.69) is 39.8 Å². The van der Waals surface area contributed by atoms with Gasteiger partial charge in [-0.05, 0) is 67.7 Å². The largest absolute Gasteiger partial charge is 0.0625 e. The Morgan fingerprint density at radius 2 is 1.44 bits per heavy atom. The van der Waals surface area contributed by atoms with Crippen molar-refractivity contribution in [3.8, 4) is 0 Å². The summed E-state index contributed by atoms with van der Waals surface area (Å²) in [5.41, 5.74) is 5.99. The van der Waals surface area contributed by atoms with Gasteiger partial charge in [-0.25, -0.2) is 0 Å². The molecule has 0 radical (unpaired) electrons. The van der Waals surface area contributed by atoms with Crippen LogP contribution in [0, 0.1) is 26.7 Å². The number of aryl methyl sites for hydroxylation is 2. The predicted molar refractivity (Wildman–Crippen MR) is 73.1 cm³/mol. The molecule has 2 rings (SSSR count). The van der Waals surface area contributed by atoms with Crippen LogP contribution in [-0.2, 0) is 0 Å². The maximum Gasteiger partial charge on any atom is 0 e. The molecule has 0 heteroatoms. The SMILES string of the molecule is Cc1cc(C2CCC(C)CC2)cc(C)c1C.[HH]. The van der Waals surface area contributed by atoms with Gasteiger partial charge in [0.1, 0.15) is 0 Å². The van der Waals surface area contributed by atoms with Crippen molar-refractivity contribution in [1.29, 1.82) is 0 Å². The summed E-state index contributed by atoms with van der Waals surface area (Å²) in [6.07, 6.45) is 5.61. The second kappa shape index (κ2) is 4.61. The first-order valence-electron chi connectivity index (χ1n) is 6.65. The molecule has 0 amide bonds. The molecular weight excluding hydrogens is 192 g/mol. The normalized spacial score (nSPS) is 25.8. The lowest BCUT2D eigenvalue weighted by atomic mass is 9.78. The van der Waals surface area contributed by atoms with Gasteiger partial charge in [-0.3, -0.25) is 0 Å². The van der Waals surface area contributed by atoms with Crippen molar-refractivity contribution >= 4 is 0 Å². The lowest BCUT2D eigenvalue weighted by molar-refractivity contribution is 0.348. The van der Waals surface area contributed by atoms with Crippen LogP contribution in [0.15, 0.2) is 12.1 Å². The molecule has 90 valence electrons. The summed E-state index contributed by atoms with van der Waals surface area (Å²) in [6, 6.07) is 4.84. The standard InChI is InChI=1S/C16H24.H2/c1-11-5-7-15(8-6-11)16-9-12(2)14(4)13(3)10-16;/h9-11,15H,5-8H2,1-4H3;1H. The molecule has 1 fully saturated rings. The third kappa shape index (κ3) is 2.31. The quantitative estimate of drug-likeness (QED) is 0.611. The lowest BCUT2D eigenvalue weighted by Crippen LogP contribution is -2.11. The molecule has 0 heterocycles. The fourth-order valence-corrected chi connectivity index (χ4v) is 2.90. The Labute approximate surface area is 102 Å². The van der Waals surface area contributed by atoms with Gasteiger partial charge in [0.2, 0.25) is 0 Å². The summed E-state index contributed by atoms with van der Waals surface area (Å²) in [6.45, 7) is 9.12. The minimum absolute atomic E-state index is 0. The van der Waals surface area contributed by atoms with Crippen LogP contribution in [0.25, 0.3) is 0 Å². The predicted octanol–water partition coefficient (Wildman–Crippen LogP) is 5.15. The zero-order chi connectivity index (χ0) is 11.7. The number of hydrogen-bond donors (Lipinski definition) is 0. The fraction of sp³-hybridized carbons (Fsp3) is 0.625. The highest BCUT2D eigenvalue weighted by molar-refractivity contribution is 5.38. The van der Waals surface area contributed by atoms with Crippen LogP contribution in [0.1, 0.15) is 62.2 Å². The van der Waals surface area contributed by atoms with E-state index < -0.39 is 0 Å². The van der Waals surface area contributed by atoms with Crippen molar-refractivity contribution in [2.24, 2.45) is 5.92 Å². The number of benzene rings is 1. The molecule has 1 aliphatic rings. The second-order valence-electron chi connectivity index (χ2n) is 5.74. The summed E-state index contributed by atoms with van der Waals surface area (Å²) in [5.74, 6) is 1.78. The van der Waals surface area contributed by atoms with Crippen molar-refractivity contribution in [2.75, 3.05) is 0 Å². The molecule has 1 aromatic rings. The third-order valence-corrected chi connectivity index (χ3v) is 4.44. The average Bonchev–Trinajstić information content (AvgIpc) is 2.26. The van der Waals surface area contributed by atoms with Crippen LogP contribution in [0.3, 0.4) is 0 Å². The summed E-state index contributed by atoms with van der Waals surface area (Å²) in [7, 11) is 0. The Morgan fingerprint density at radius 3 is 1.94 bits per heavy atom. The first kappa shape index (κ1) is 11.7. The van der Waals surface area contributed by atoms with Crippen LogP contribution < -0.4 is 0 Å². The molecular formula is C16H26. The zero-order valence-electron chi connectivity index (χ0n) is 11.1. The first-order chi connectivity index (χ1) is 7.58. The molecule has 0 bridgehead atoms.